The first kappa shape index (κ1) is 27.4. The zero-order chi connectivity index (χ0) is 29.8. The van der Waals surface area contributed by atoms with E-state index in [9.17, 15) is 22.8 Å². The maximum absolute atomic E-state index is 15.8. The predicted octanol–water partition coefficient (Wildman–Crippen LogP) is 3.85. The summed E-state index contributed by atoms with van der Waals surface area (Å²) < 4.78 is 68.1. The number of benzene rings is 1. The molecule has 0 aliphatic carbocycles. The molecule has 2 saturated heterocycles. The van der Waals surface area contributed by atoms with Gasteiger partial charge in [0, 0.05) is 30.6 Å². The number of carbonyl (C=O) groups excluding carboxylic acids is 2. The van der Waals surface area contributed by atoms with Gasteiger partial charge >= 0.3 is 6.18 Å². The number of alkyl halides is 3. The van der Waals surface area contributed by atoms with E-state index in [1.165, 1.54) is 19.4 Å². The summed E-state index contributed by atoms with van der Waals surface area (Å²) in [6.45, 7) is 0.579. The van der Waals surface area contributed by atoms with Gasteiger partial charge in [0.05, 0.1) is 37.4 Å². The van der Waals surface area contributed by atoms with Crippen LogP contribution >= 0.6 is 0 Å². The molecule has 2 atom stereocenters. The van der Waals surface area contributed by atoms with Crippen molar-refractivity contribution in [2.75, 3.05) is 31.3 Å². The number of nitrogens with two attached hydrogens (primary N) is 1. The first-order valence-electron chi connectivity index (χ1n) is 12.8. The molecule has 0 radical (unpaired) electrons. The minimum atomic E-state index is -4.64. The Hall–Kier alpha value is -4.79. The Morgan fingerprint density at radius 3 is 2.79 bits per heavy atom. The van der Waals surface area contributed by atoms with E-state index in [1.54, 1.807) is 15.5 Å². The molecule has 42 heavy (non-hydrogen) atoms. The predicted molar refractivity (Wildman–Crippen MR) is 140 cm³/mol. The SMILES string of the molecule is COc1cc(C(=O)Nc2cc(C(F)(F)F)ccn2)cc(F)c1-c1nc([C@H]2CN3C(=O)CC[C@@H]3CO2)n2ccnc(N)c12. The lowest BCUT2D eigenvalue weighted by atomic mass is 10.0. The summed E-state index contributed by atoms with van der Waals surface area (Å²) >= 11 is 0. The van der Waals surface area contributed by atoms with Crippen molar-refractivity contribution in [2.24, 2.45) is 0 Å². The molecule has 4 aromatic rings. The fourth-order valence-electron chi connectivity index (χ4n) is 5.29. The van der Waals surface area contributed by atoms with Crippen LogP contribution in [0.3, 0.4) is 0 Å². The van der Waals surface area contributed by atoms with Crippen molar-refractivity contribution in [2.45, 2.75) is 31.2 Å². The summed E-state index contributed by atoms with van der Waals surface area (Å²) in [5.41, 5.74) is 5.15. The number of carbonyl (C=O) groups is 2. The number of imidazole rings is 1. The summed E-state index contributed by atoms with van der Waals surface area (Å²) in [7, 11) is 1.26. The molecule has 2 fully saturated rings. The number of aromatic nitrogens is 4. The molecule has 0 unspecified atom stereocenters. The molecule has 218 valence electrons. The number of anilines is 2. The Morgan fingerprint density at radius 1 is 1.21 bits per heavy atom. The van der Waals surface area contributed by atoms with Crippen LogP contribution < -0.4 is 15.8 Å². The summed E-state index contributed by atoms with van der Waals surface area (Å²) in [6, 6.07) is 3.55. The van der Waals surface area contributed by atoms with E-state index in [4.69, 9.17) is 15.2 Å². The molecule has 2 aliphatic rings. The number of hydrogen-bond donors (Lipinski definition) is 2. The highest BCUT2D eigenvalue weighted by Gasteiger charge is 2.39. The number of nitrogens with zero attached hydrogens (tertiary/aromatic N) is 5. The van der Waals surface area contributed by atoms with Crippen LogP contribution in [0.5, 0.6) is 5.75 Å². The molecule has 2 aliphatic heterocycles. The molecule has 0 saturated carbocycles. The second-order valence-corrected chi connectivity index (χ2v) is 9.83. The minimum absolute atomic E-state index is 0.00597. The fourth-order valence-corrected chi connectivity index (χ4v) is 5.29. The minimum Gasteiger partial charge on any atom is -0.496 e. The standard InChI is InChI=1S/C27H23F4N7O4/c1-41-17-9-13(26(40)35-19-10-14(4-5-33-19)27(29,30)31)8-16(28)21(17)22-23-24(32)34-6-7-37(23)25(36-22)18-11-38-15(12-42-18)2-3-20(38)39/h4-10,15,18H,2-3,11-12H2,1H3,(H2,32,34)(H,33,35,40)/t15-,18-/m1/s1. The van der Waals surface area contributed by atoms with Crippen molar-refractivity contribution in [3.05, 3.63) is 65.6 Å². The number of nitrogen functional groups attached to an aromatic ring is 1. The third-order valence-electron chi connectivity index (χ3n) is 7.31. The highest BCUT2D eigenvalue weighted by atomic mass is 19.4. The lowest BCUT2D eigenvalue weighted by molar-refractivity contribution is -0.138. The lowest BCUT2D eigenvalue weighted by Crippen LogP contribution is -2.44. The summed E-state index contributed by atoms with van der Waals surface area (Å²) in [4.78, 5) is 39.5. The van der Waals surface area contributed by atoms with Crippen LogP contribution in [0.1, 0.15) is 40.7 Å². The number of pyridine rings is 1. The lowest BCUT2D eigenvalue weighted by Gasteiger charge is -2.34. The Kier molecular flexibility index (Phi) is 6.68. The molecule has 6 rings (SSSR count). The first-order chi connectivity index (χ1) is 20.0. The maximum atomic E-state index is 15.8. The van der Waals surface area contributed by atoms with Crippen LogP contribution in [0.15, 0.2) is 42.9 Å². The third-order valence-corrected chi connectivity index (χ3v) is 7.31. The number of morpholine rings is 1. The van der Waals surface area contributed by atoms with Gasteiger partial charge in [0.25, 0.3) is 5.91 Å². The number of ether oxygens (including phenoxy) is 2. The normalized spacial score (nSPS) is 18.8. The number of hydrogen-bond acceptors (Lipinski definition) is 8. The zero-order valence-electron chi connectivity index (χ0n) is 22.0. The summed E-state index contributed by atoms with van der Waals surface area (Å²) in [6.07, 6.45) is -0.181. The molecule has 0 bridgehead atoms. The van der Waals surface area contributed by atoms with E-state index in [-0.39, 0.29) is 58.2 Å². The molecular weight excluding hydrogens is 562 g/mol. The van der Waals surface area contributed by atoms with E-state index < -0.39 is 29.6 Å². The molecule has 11 nitrogen and oxygen atoms in total. The molecule has 0 spiro atoms. The monoisotopic (exact) mass is 585 g/mol. The van der Waals surface area contributed by atoms with E-state index in [0.717, 1.165) is 18.3 Å². The van der Waals surface area contributed by atoms with E-state index in [1.807, 2.05) is 0 Å². The van der Waals surface area contributed by atoms with Gasteiger partial charge in [0.15, 0.2) is 0 Å². The van der Waals surface area contributed by atoms with Crippen molar-refractivity contribution < 1.29 is 36.6 Å². The Bertz CT molecular complexity index is 1720. The van der Waals surface area contributed by atoms with Gasteiger partial charge in [-0.1, -0.05) is 0 Å². The van der Waals surface area contributed by atoms with Gasteiger partial charge in [0.1, 0.15) is 46.3 Å². The van der Waals surface area contributed by atoms with Gasteiger partial charge in [-0.25, -0.2) is 19.3 Å². The Balaban J connectivity index is 1.38. The average Bonchev–Trinajstić information content (AvgIpc) is 3.53. The fraction of sp³-hybridized carbons (Fsp3) is 0.296. The number of fused-ring (bicyclic) bond motifs is 2. The van der Waals surface area contributed by atoms with Crippen LogP contribution in [0.25, 0.3) is 16.8 Å². The van der Waals surface area contributed by atoms with Crippen LogP contribution in [-0.4, -0.2) is 62.4 Å². The van der Waals surface area contributed by atoms with E-state index in [0.29, 0.717) is 31.3 Å². The smallest absolute Gasteiger partial charge is 0.416 e. The number of amides is 2. The van der Waals surface area contributed by atoms with Crippen molar-refractivity contribution in [1.82, 2.24) is 24.3 Å². The highest BCUT2D eigenvalue weighted by molar-refractivity contribution is 6.05. The van der Waals surface area contributed by atoms with Crippen molar-refractivity contribution in [1.29, 1.82) is 0 Å². The van der Waals surface area contributed by atoms with Gasteiger partial charge in [-0.2, -0.15) is 13.2 Å². The van der Waals surface area contributed by atoms with Crippen molar-refractivity contribution in [3.63, 3.8) is 0 Å². The topological polar surface area (TPSA) is 137 Å². The van der Waals surface area contributed by atoms with Gasteiger partial charge in [-0.15, -0.1) is 0 Å². The third kappa shape index (κ3) is 4.74. The number of halogens is 4. The maximum Gasteiger partial charge on any atom is 0.416 e. The van der Waals surface area contributed by atoms with Crippen LogP contribution in [-0.2, 0) is 15.7 Å². The van der Waals surface area contributed by atoms with Gasteiger partial charge in [-0.3, -0.25) is 14.0 Å². The molecule has 2 amide bonds. The number of rotatable bonds is 5. The van der Waals surface area contributed by atoms with Crippen molar-refractivity contribution >= 4 is 29.0 Å². The molecule has 15 heteroatoms. The molecule has 5 heterocycles. The van der Waals surface area contributed by atoms with Gasteiger partial charge in [0.2, 0.25) is 5.91 Å². The largest absolute Gasteiger partial charge is 0.496 e. The van der Waals surface area contributed by atoms with Gasteiger partial charge < -0.3 is 25.4 Å². The first-order valence-corrected chi connectivity index (χ1v) is 12.8. The van der Waals surface area contributed by atoms with E-state index in [2.05, 4.69) is 20.3 Å². The number of nitrogens with one attached hydrogen (secondary N) is 1. The molecular formula is C27H23F4N7O4. The second-order valence-electron chi connectivity index (χ2n) is 9.83. The quantitative estimate of drug-likeness (QED) is 0.337. The Morgan fingerprint density at radius 2 is 2.02 bits per heavy atom. The zero-order valence-corrected chi connectivity index (χ0v) is 22.0. The van der Waals surface area contributed by atoms with E-state index >= 15 is 4.39 Å². The summed E-state index contributed by atoms with van der Waals surface area (Å²) in [5.74, 6) is -1.85. The molecule has 1 aromatic carbocycles. The average molecular weight is 586 g/mol. The molecule has 3 aromatic heterocycles. The van der Waals surface area contributed by atoms with Crippen LogP contribution in [0.2, 0.25) is 0 Å². The van der Waals surface area contributed by atoms with Crippen molar-refractivity contribution in [3.8, 4) is 17.0 Å². The highest BCUT2D eigenvalue weighted by Crippen LogP contribution is 2.40. The van der Waals surface area contributed by atoms with Gasteiger partial charge in [-0.05, 0) is 30.7 Å². The number of methoxy groups -OCH3 is 1. The van der Waals surface area contributed by atoms with Crippen LogP contribution in [0.4, 0.5) is 29.2 Å². The molecule has 3 N–H and O–H groups in total. The second kappa shape index (κ2) is 10.2. The summed E-state index contributed by atoms with van der Waals surface area (Å²) in [5, 5.41) is 2.25. The van der Waals surface area contributed by atoms with Crippen LogP contribution in [0, 0.1) is 5.82 Å². The Labute approximate surface area is 235 Å².